The van der Waals surface area contributed by atoms with Gasteiger partial charge < -0.3 is 0 Å². The molecule has 0 heterocycles. The Kier molecular flexibility index (Phi) is 4.29. The summed E-state index contributed by atoms with van der Waals surface area (Å²) in [5.41, 5.74) is 0.149. The summed E-state index contributed by atoms with van der Waals surface area (Å²) in [4.78, 5) is 14.5. The summed E-state index contributed by atoms with van der Waals surface area (Å²) >= 11 is 0. The second kappa shape index (κ2) is 6.16. The molecule has 0 aromatic heterocycles. The quantitative estimate of drug-likeness (QED) is 0.505. The molecule has 0 saturated heterocycles. The maximum Gasteiger partial charge on any atom is 0.404 e. The molecule has 3 aliphatic rings. The molecule has 0 spiro atoms. The number of allylic oxidation sites excluding steroid dienone is 9. The molecule has 2 unspecified atom stereocenters. The van der Waals surface area contributed by atoms with Gasteiger partial charge in [-0.05, 0) is 49.0 Å². The maximum atomic E-state index is 14.7. The average Bonchev–Trinajstić information content (AvgIpc) is 3.15. The molecule has 0 aromatic carbocycles. The van der Waals surface area contributed by atoms with Gasteiger partial charge in [-0.2, -0.15) is 18.2 Å². The van der Waals surface area contributed by atoms with Crippen LogP contribution in [0.3, 0.4) is 0 Å². The number of alkyl halides is 3. The van der Waals surface area contributed by atoms with Crippen molar-refractivity contribution in [3.8, 4) is 0 Å². The first-order valence-corrected chi connectivity index (χ1v) is 8.10. The zero-order valence-electron chi connectivity index (χ0n) is 14.0. The van der Waals surface area contributed by atoms with Crippen LogP contribution >= 0.6 is 0 Å². The predicted octanol–water partition coefficient (Wildman–Crippen LogP) is 5.29. The monoisotopic (exact) mass is 345 g/mol. The van der Waals surface area contributed by atoms with E-state index >= 15 is 0 Å². The summed E-state index contributed by atoms with van der Waals surface area (Å²) in [6.45, 7) is 3.49. The van der Waals surface area contributed by atoms with Crippen LogP contribution in [0.4, 0.5) is 13.2 Å². The molecule has 3 rings (SSSR count). The fourth-order valence-corrected chi connectivity index (χ4v) is 4.08. The molecule has 0 bridgehead atoms. The molecule has 5 heteroatoms. The lowest BCUT2D eigenvalue weighted by molar-refractivity contribution is -0.199. The summed E-state index contributed by atoms with van der Waals surface area (Å²) in [6, 6.07) is -1.35. The van der Waals surface area contributed by atoms with Gasteiger partial charge in [0.2, 0.25) is 6.08 Å². The molecule has 2 nitrogen and oxygen atoms in total. The molecule has 0 amide bonds. The van der Waals surface area contributed by atoms with Crippen molar-refractivity contribution in [2.45, 2.75) is 38.9 Å². The first-order chi connectivity index (χ1) is 11.8. The fraction of sp³-hybridized carbons (Fsp3) is 0.350. The van der Waals surface area contributed by atoms with Gasteiger partial charge in [-0.3, -0.25) is 0 Å². The van der Waals surface area contributed by atoms with Crippen LogP contribution in [-0.2, 0) is 4.79 Å². The Morgan fingerprint density at radius 3 is 2.36 bits per heavy atom. The van der Waals surface area contributed by atoms with Gasteiger partial charge >= 0.3 is 6.18 Å². The standard InChI is InChI=1S/C20H18F3NO/c1-13-6-3-8-15(13)17-10-5-11-18(24-12-25)19(17,20(21,22)23)16-9-4-7-14(16)2/h3-7,10-11,18H,8-9H2,1-2H3. The van der Waals surface area contributed by atoms with Crippen LogP contribution in [0.5, 0.6) is 0 Å². The Morgan fingerprint density at radius 2 is 1.84 bits per heavy atom. The van der Waals surface area contributed by atoms with Gasteiger partial charge in [0.25, 0.3) is 0 Å². The molecule has 0 saturated carbocycles. The summed E-state index contributed by atoms with van der Waals surface area (Å²) in [5, 5.41) is 0. The van der Waals surface area contributed by atoms with E-state index in [0.29, 0.717) is 17.6 Å². The minimum atomic E-state index is -4.60. The number of aliphatic imine (C=N–C) groups is 1. The molecule has 2 atom stereocenters. The largest absolute Gasteiger partial charge is 0.404 e. The number of rotatable bonds is 3. The summed E-state index contributed by atoms with van der Waals surface area (Å²) in [7, 11) is 0. The Balaban J connectivity index is 2.34. The summed E-state index contributed by atoms with van der Waals surface area (Å²) in [6.07, 6.45) is 8.93. The minimum Gasteiger partial charge on any atom is -0.211 e. The van der Waals surface area contributed by atoms with E-state index in [2.05, 4.69) is 4.99 Å². The lowest BCUT2D eigenvalue weighted by atomic mass is 9.62. The number of carbonyl (C=O) groups excluding carboxylic acids is 1. The first-order valence-electron chi connectivity index (χ1n) is 8.10. The van der Waals surface area contributed by atoms with Gasteiger partial charge in [-0.1, -0.05) is 48.1 Å². The molecule has 0 N–H and O–H groups in total. The third-order valence-corrected chi connectivity index (χ3v) is 5.20. The molecule has 0 aromatic rings. The van der Waals surface area contributed by atoms with E-state index < -0.39 is 17.6 Å². The molecular weight excluding hydrogens is 327 g/mol. The summed E-state index contributed by atoms with van der Waals surface area (Å²) < 4.78 is 44.0. The highest BCUT2D eigenvalue weighted by atomic mass is 19.4. The van der Waals surface area contributed by atoms with E-state index in [1.54, 1.807) is 25.2 Å². The van der Waals surface area contributed by atoms with Gasteiger partial charge in [0.15, 0.2) is 0 Å². The van der Waals surface area contributed by atoms with E-state index in [1.165, 1.54) is 18.2 Å². The van der Waals surface area contributed by atoms with Crippen molar-refractivity contribution in [1.82, 2.24) is 0 Å². The van der Waals surface area contributed by atoms with Crippen LogP contribution in [0, 0.1) is 5.41 Å². The lowest BCUT2D eigenvalue weighted by Crippen LogP contribution is -2.50. The van der Waals surface area contributed by atoms with Gasteiger partial charge in [-0.15, -0.1) is 0 Å². The zero-order chi connectivity index (χ0) is 18.2. The molecule has 0 fully saturated rings. The van der Waals surface area contributed by atoms with Crippen molar-refractivity contribution < 1.29 is 18.0 Å². The number of isocyanates is 1. The molecular formula is C20H18F3NO. The SMILES string of the molecule is CC1=C(C2=CC=CC(N=C=O)C2(C2=C(C)C=CC2)C(F)(F)F)CC=C1. The molecule has 25 heavy (non-hydrogen) atoms. The average molecular weight is 345 g/mol. The van der Waals surface area contributed by atoms with Crippen molar-refractivity contribution in [2.75, 3.05) is 0 Å². The number of hydrogen-bond donors (Lipinski definition) is 0. The van der Waals surface area contributed by atoms with Crippen LogP contribution in [0.2, 0.25) is 0 Å². The number of hydrogen-bond acceptors (Lipinski definition) is 2. The van der Waals surface area contributed by atoms with Crippen LogP contribution in [0.15, 0.2) is 75.4 Å². The van der Waals surface area contributed by atoms with Crippen LogP contribution < -0.4 is 0 Å². The molecule has 0 radical (unpaired) electrons. The maximum absolute atomic E-state index is 14.7. The van der Waals surface area contributed by atoms with E-state index in [4.69, 9.17) is 0 Å². The van der Waals surface area contributed by atoms with Crippen molar-refractivity contribution in [2.24, 2.45) is 10.4 Å². The van der Waals surface area contributed by atoms with E-state index in [0.717, 1.165) is 5.57 Å². The Morgan fingerprint density at radius 1 is 1.16 bits per heavy atom. The van der Waals surface area contributed by atoms with Gasteiger partial charge in [0.1, 0.15) is 11.5 Å². The number of halogens is 3. The second-order valence-corrected chi connectivity index (χ2v) is 6.47. The van der Waals surface area contributed by atoms with Crippen LogP contribution in [0.1, 0.15) is 26.7 Å². The van der Waals surface area contributed by atoms with Crippen LogP contribution in [0.25, 0.3) is 0 Å². The third kappa shape index (κ3) is 2.50. The lowest BCUT2D eigenvalue weighted by Gasteiger charge is -2.44. The normalized spacial score (nSPS) is 28.7. The van der Waals surface area contributed by atoms with E-state index in [9.17, 15) is 18.0 Å². The summed E-state index contributed by atoms with van der Waals surface area (Å²) in [5.74, 6) is 0. The topological polar surface area (TPSA) is 29.4 Å². The van der Waals surface area contributed by atoms with Crippen molar-refractivity contribution in [3.63, 3.8) is 0 Å². The Bertz CT molecular complexity index is 829. The Hall–Kier alpha value is -2.39. The zero-order valence-corrected chi connectivity index (χ0v) is 14.0. The van der Waals surface area contributed by atoms with Crippen molar-refractivity contribution in [1.29, 1.82) is 0 Å². The predicted molar refractivity (Wildman–Crippen MR) is 90.5 cm³/mol. The highest BCUT2D eigenvalue weighted by molar-refractivity contribution is 5.59. The molecule has 0 aliphatic heterocycles. The van der Waals surface area contributed by atoms with Gasteiger partial charge in [-0.25, -0.2) is 4.79 Å². The van der Waals surface area contributed by atoms with Gasteiger partial charge in [0, 0.05) is 0 Å². The Labute approximate surface area is 144 Å². The van der Waals surface area contributed by atoms with E-state index in [-0.39, 0.29) is 17.6 Å². The highest BCUT2D eigenvalue weighted by Gasteiger charge is 2.64. The second-order valence-electron chi connectivity index (χ2n) is 6.47. The van der Waals surface area contributed by atoms with E-state index in [1.807, 2.05) is 19.1 Å². The minimum absolute atomic E-state index is 0.187. The van der Waals surface area contributed by atoms with Crippen molar-refractivity contribution in [3.05, 3.63) is 70.4 Å². The number of nitrogens with zero attached hydrogens (tertiary/aromatic N) is 1. The van der Waals surface area contributed by atoms with Crippen LogP contribution in [-0.4, -0.2) is 18.3 Å². The molecule has 130 valence electrons. The molecule has 3 aliphatic carbocycles. The fourth-order valence-electron chi connectivity index (χ4n) is 4.08. The smallest absolute Gasteiger partial charge is 0.211 e. The van der Waals surface area contributed by atoms with Crippen molar-refractivity contribution >= 4 is 6.08 Å². The first kappa shape index (κ1) is 17.4. The third-order valence-electron chi connectivity index (χ3n) is 5.20. The highest BCUT2D eigenvalue weighted by Crippen LogP contribution is 2.60. The van der Waals surface area contributed by atoms with Gasteiger partial charge in [0.05, 0.1) is 0 Å².